The van der Waals surface area contributed by atoms with Gasteiger partial charge in [-0.2, -0.15) is 0 Å². The predicted molar refractivity (Wildman–Crippen MR) is 86.2 cm³/mol. The van der Waals surface area contributed by atoms with Crippen LogP contribution in [0, 0.1) is 5.41 Å². The van der Waals surface area contributed by atoms with E-state index in [1.54, 1.807) is 11.1 Å². The Morgan fingerprint density at radius 2 is 1.79 bits per heavy atom. The molecule has 0 bridgehead atoms. The lowest BCUT2D eigenvalue weighted by molar-refractivity contribution is -0.876. The third-order valence-electron chi connectivity index (χ3n) is 4.19. The van der Waals surface area contributed by atoms with Gasteiger partial charge in [-0.05, 0) is 33.1 Å². The SMILES string of the molecule is CCCCCC1=C(C)C=C(C)CC1(C)C[N+](C)(C)C. The maximum absolute atomic E-state index is 2.48. The number of nitrogens with zero attached hydrogens (tertiary/aromatic N) is 1. The van der Waals surface area contributed by atoms with Gasteiger partial charge in [-0.3, -0.25) is 0 Å². The van der Waals surface area contributed by atoms with E-state index >= 15 is 0 Å². The van der Waals surface area contributed by atoms with Gasteiger partial charge in [0, 0.05) is 5.41 Å². The van der Waals surface area contributed by atoms with E-state index in [9.17, 15) is 0 Å². The van der Waals surface area contributed by atoms with E-state index in [0.717, 1.165) is 4.48 Å². The van der Waals surface area contributed by atoms with Crippen LogP contribution in [0.4, 0.5) is 0 Å². The Morgan fingerprint density at radius 1 is 1.16 bits per heavy atom. The maximum Gasteiger partial charge on any atom is 0.0875 e. The minimum atomic E-state index is 0.356. The number of hydrogen-bond acceptors (Lipinski definition) is 0. The van der Waals surface area contributed by atoms with Crippen LogP contribution in [-0.4, -0.2) is 32.2 Å². The Labute approximate surface area is 121 Å². The second-order valence-corrected chi connectivity index (χ2v) is 7.80. The average Bonchev–Trinajstić information content (AvgIpc) is 2.18. The second kappa shape index (κ2) is 6.26. The van der Waals surface area contributed by atoms with Crippen molar-refractivity contribution in [3.63, 3.8) is 0 Å². The third-order valence-corrected chi connectivity index (χ3v) is 4.19. The molecule has 0 saturated heterocycles. The summed E-state index contributed by atoms with van der Waals surface area (Å²) in [5.41, 5.74) is 5.16. The summed E-state index contributed by atoms with van der Waals surface area (Å²) < 4.78 is 1.05. The first-order valence-corrected chi connectivity index (χ1v) is 7.86. The molecule has 0 aromatic heterocycles. The zero-order valence-corrected chi connectivity index (χ0v) is 14.3. The summed E-state index contributed by atoms with van der Waals surface area (Å²) in [6.07, 6.45) is 8.97. The van der Waals surface area contributed by atoms with E-state index in [-0.39, 0.29) is 0 Å². The van der Waals surface area contributed by atoms with E-state index in [4.69, 9.17) is 0 Å². The molecule has 0 heterocycles. The van der Waals surface area contributed by atoms with E-state index in [2.05, 4.69) is 54.9 Å². The van der Waals surface area contributed by atoms with E-state index in [0.29, 0.717) is 5.41 Å². The Balaban J connectivity index is 2.97. The molecule has 0 aromatic rings. The first-order chi connectivity index (χ1) is 8.68. The Kier molecular flexibility index (Phi) is 5.43. The van der Waals surface area contributed by atoms with Crippen molar-refractivity contribution in [3.05, 3.63) is 22.8 Å². The van der Waals surface area contributed by atoms with Crippen LogP contribution in [0.1, 0.15) is 59.8 Å². The molecule has 1 heteroatoms. The normalized spacial score (nSPS) is 24.7. The van der Waals surface area contributed by atoms with Crippen LogP contribution in [0.3, 0.4) is 0 Å². The van der Waals surface area contributed by atoms with Crippen molar-refractivity contribution in [3.8, 4) is 0 Å². The quantitative estimate of drug-likeness (QED) is 0.470. The highest BCUT2D eigenvalue weighted by molar-refractivity contribution is 5.36. The van der Waals surface area contributed by atoms with Crippen LogP contribution >= 0.6 is 0 Å². The van der Waals surface area contributed by atoms with Gasteiger partial charge in [0.15, 0.2) is 0 Å². The van der Waals surface area contributed by atoms with Crippen LogP contribution < -0.4 is 0 Å². The highest BCUT2D eigenvalue weighted by Gasteiger charge is 2.37. The topological polar surface area (TPSA) is 0 Å². The van der Waals surface area contributed by atoms with Crippen LogP contribution in [0.25, 0.3) is 0 Å². The lowest BCUT2D eigenvalue weighted by Crippen LogP contribution is -2.45. The van der Waals surface area contributed by atoms with Gasteiger partial charge < -0.3 is 4.48 Å². The van der Waals surface area contributed by atoms with Crippen molar-refractivity contribution < 1.29 is 4.48 Å². The van der Waals surface area contributed by atoms with E-state index in [1.807, 2.05) is 0 Å². The maximum atomic E-state index is 2.48. The minimum absolute atomic E-state index is 0.356. The summed E-state index contributed by atoms with van der Waals surface area (Å²) in [5.74, 6) is 0. The molecule has 0 spiro atoms. The van der Waals surface area contributed by atoms with Crippen molar-refractivity contribution in [2.24, 2.45) is 5.41 Å². The van der Waals surface area contributed by atoms with Gasteiger partial charge in [-0.1, -0.05) is 49.5 Å². The fourth-order valence-corrected chi connectivity index (χ4v) is 3.95. The van der Waals surface area contributed by atoms with Crippen LogP contribution in [0.2, 0.25) is 0 Å². The molecular formula is C18H34N+. The van der Waals surface area contributed by atoms with Crippen molar-refractivity contribution in [2.75, 3.05) is 27.7 Å². The Morgan fingerprint density at radius 3 is 2.32 bits per heavy atom. The largest absolute Gasteiger partial charge is 0.330 e. The molecule has 0 aliphatic heterocycles. The summed E-state index contributed by atoms with van der Waals surface area (Å²) in [4.78, 5) is 0. The zero-order valence-electron chi connectivity index (χ0n) is 14.3. The zero-order chi connectivity index (χ0) is 14.7. The lowest BCUT2D eigenvalue weighted by Gasteiger charge is -2.41. The molecule has 1 unspecified atom stereocenters. The molecule has 110 valence electrons. The van der Waals surface area contributed by atoms with Crippen LogP contribution in [0.5, 0.6) is 0 Å². The van der Waals surface area contributed by atoms with Gasteiger partial charge in [0.1, 0.15) is 0 Å². The van der Waals surface area contributed by atoms with Gasteiger partial charge in [-0.25, -0.2) is 0 Å². The third kappa shape index (κ3) is 4.80. The van der Waals surface area contributed by atoms with Crippen LogP contribution in [0.15, 0.2) is 22.8 Å². The van der Waals surface area contributed by atoms with Gasteiger partial charge in [0.25, 0.3) is 0 Å². The van der Waals surface area contributed by atoms with Gasteiger partial charge in [-0.15, -0.1) is 0 Å². The summed E-state index contributed by atoms with van der Waals surface area (Å²) in [6.45, 7) is 10.6. The van der Waals surface area contributed by atoms with Gasteiger partial charge in [0.05, 0.1) is 27.7 Å². The number of unbranched alkanes of at least 4 members (excludes halogenated alkanes) is 2. The van der Waals surface area contributed by atoms with Crippen LogP contribution in [-0.2, 0) is 0 Å². The molecule has 1 nitrogen and oxygen atoms in total. The van der Waals surface area contributed by atoms with Crippen molar-refractivity contribution in [2.45, 2.75) is 59.8 Å². The molecule has 0 radical (unpaired) electrons. The van der Waals surface area contributed by atoms with Crippen molar-refractivity contribution >= 4 is 0 Å². The summed E-state index contributed by atoms with van der Waals surface area (Å²) >= 11 is 0. The molecule has 0 aromatic carbocycles. The van der Waals surface area contributed by atoms with Crippen molar-refractivity contribution in [1.29, 1.82) is 0 Å². The first-order valence-electron chi connectivity index (χ1n) is 7.86. The molecule has 1 aliphatic carbocycles. The molecular weight excluding hydrogens is 230 g/mol. The molecule has 1 rings (SSSR count). The molecule has 0 amide bonds. The molecule has 19 heavy (non-hydrogen) atoms. The first kappa shape index (κ1) is 16.5. The standard InChI is InChI=1S/C18H34N/c1-8-9-10-11-17-16(3)12-15(2)13-18(17,4)14-19(5,6)7/h12H,8-11,13-14H2,1-7H3/q+1. The fraction of sp³-hybridized carbons (Fsp3) is 0.778. The highest BCUT2D eigenvalue weighted by Crippen LogP contribution is 2.43. The summed E-state index contributed by atoms with van der Waals surface area (Å²) in [7, 11) is 6.95. The summed E-state index contributed by atoms with van der Waals surface area (Å²) in [6, 6.07) is 0. The predicted octanol–water partition coefficient (Wildman–Crippen LogP) is 4.95. The molecule has 0 fully saturated rings. The smallest absolute Gasteiger partial charge is 0.0875 e. The number of quaternary nitrogens is 1. The minimum Gasteiger partial charge on any atom is -0.330 e. The molecule has 0 saturated carbocycles. The summed E-state index contributed by atoms with van der Waals surface area (Å²) in [5, 5.41) is 0. The lowest BCUT2D eigenvalue weighted by atomic mass is 9.69. The van der Waals surface area contributed by atoms with Gasteiger partial charge in [0.2, 0.25) is 0 Å². The highest BCUT2D eigenvalue weighted by atomic mass is 15.3. The second-order valence-electron chi connectivity index (χ2n) is 7.80. The number of allylic oxidation sites excluding steroid dienone is 3. The Hall–Kier alpha value is -0.560. The number of hydrogen-bond donors (Lipinski definition) is 0. The van der Waals surface area contributed by atoms with E-state index < -0.39 is 0 Å². The molecule has 1 aliphatic rings. The Bertz CT molecular complexity index is 368. The molecule has 0 N–H and O–H groups in total. The fourth-order valence-electron chi connectivity index (χ4n) is 3.95. The van der Waals surface area contributed by atoms with Gasteiger partial charge >= 0.3 is 0 Å². The molecule has 1 atom stereocenters. The monoisotopic (exact) mass is 264 g/mol. The van der Waals surface area contributed by atoms with E-state index in [1.165, 1.54) is 44.2 Å². The van der Waals surface area contributed by atoms with Crippen molar-refractivity contribution in [1.82, 2.24) is 0 Å². The average molecular weight is 264 g/mol. The number of rotatable bonds is 6.